The molecule has 1 fully saturated rings. The van der Waals surface area contributed by atoms with E-state index in [0.29, 0.717) is 0 Å². The number of hydrogen-bond acceptors (Lipinski definition) is 3. The third-order valence-corrected chi connectivity index (χ3v) is 2.40. The van der Waals surface area contributed by atoms with E-state index in [1.807, 2.05) is 6.92 Å². The summed E-state index contributed by atoms with van der Waals surface area (Å²) in [5, 5.41) is 8.80. The Morgan fingerprint density at radius 2 is 2.07 bits per heavy atom. The normalized spacial score (nSPS) is 16.0. The van der Waals surface area contributed by atoms with Gasteiger partial charge in [0.2, 0.25) is 0 Å². The van der Waals surface area contributed by atoms with Crippen LogP contribution in [0.1, 0.15) is 26.2 Å². The minimum atomic E-state index is -1.11. The van der Waals surface area contributed by atoms with E-state index in [0.717, 1.165) is 18.4 Å². The molecule has 78 valence electrons. The minimum Gasteiger partial charge on any atom is -0.481 e. The number of hydrogen-bond donors (Lipinski definition) is 1. The number of rotatable bonds is 4. The largest absolute Gasteiger partial charge is 0.481 e. The van der Waals surface area contributed by atoms with Crippen LogP contribution in [0.5, 0.6) is 0 Å². The first-order valence-electron chi connectivity index (χ1n) is 4.54. The molecule has 1 N–H and O–H groups in total. The molecule has 0 saturated heterocycles. The molecule has 1 aliphatic carbocycles. The van der Waals surface area contributed by atoms with Crippen LogP contribution >= 0.6 is 0 Å². The Kier molecular flexibility index (Phi) is 3.28. The lowest BCUT2D eigenvalue weighted by atomic mass is 10.00. The number of carbonyl (C=O) groups is 2. The third-order valence-electron chi connectivity index (χ3n) is 2.40. The third kappa shape index (κ3) is 2.58. The van der Waals surface area contributed by atoms with Gasteiger partial charge in [-0.3, -0.25) is 9.59 Å². The molecule has 0 heterocycles. The first-order valence-corrected chi connectivity index (χ1v) is 4.54. The van der Waals surface area contributed by atoms with Gasteiger partial charge in [0.15, 0.2) is 5.92 Å². The topological polar surface area (TPSA) is 63.6 Å². The molecule has 0 aromatic carbocycles. The number of aliphatic carboxylic acids is 1. The summed E-state index contributed by atoms with van der Waals surface area (Å²) in [4.78, 5) is 21.9. The molecule has 0 aromatic heterocycles. The van der Waals surface area contributed by atoms with Crippen LogP contribution in [0.15, 0.2) is 11.1 Å². The zero-order valence-corrected chi connectivity index (χ0v) is 8.37. The molecule has 1 unspecified atom stereocenters. The van der Waals surface area contributed by atoms with Crippen LogP contribution < -0.4 is 0 Å². The van der Waals surface area contributed by atoms with E-state index in [9.17, 15) is 9.59 Å². The zero-order valence-electron chi connectivity index (χ0n) is 8.37. The average Bonchev–Trinajstić information content (AvgIpc) is 2.95. The summed E-state index contributed by atoms with van der Waals surface area (Å²) in [6.45, 7) is 1.88. The minimum absolute atomic E-state index is 0.275. The number of ether oxygens (including phenoxy) is 1. The van der Waals surface area contributed by atoms with Gasteiger partial charge in [-0.1, -0.05) is 11.1 Å². The fraction of sp³-hybridized carbons (Fsp3) is 0.600. The number of methoxy groups -OCH3 is 1. The summed E-state index contributed by atoms with van der Waals surface area (Å²) < 4.78 is 4.43. The Hall–Kier alpha value is -1.32. The molecule has 4 nitrogen and oxygen atoms in total. The fourth-order valence-electron chi connectivity index (χ4n) is 1.35. The van der Waals surface area contributed by atoms with Crippen molar-refractivity contribution in [1.29, 1.82) is 0 Å². The van der Waals surface area contributed by atoms with Crippen molar-refractivity contribution in [3.63, 3.8) is 0 Å². The second-order valence-electron chi connectivity index (χ2n) is 3.50. The molecule has 1 saturated carbocycles. The highest BCUT2D eigenvalue weighted by Crippen LogP contribution is 2.34. The van der Waals surface area contributed by atoms with Crippen molar-refractivity contribution in [2.45, 2.75) is 26.2 Å². The SMILES string of the molecule is COC(=O)C(CC(C)=C1CC1)C(=O)O. The Labute approximate surface area is 82.6 Å². The lowest BCUT2D eigenvalue weighted by Crippen LogP contribution is -2.25. The highest BCUT2D eigenvalue weighted by molar-refractivity contribution is 5.94. The van der Waals surface area contributed by atoms with Crippen LogP contribution in [0, 0.1) is 5.92 Å². The maximum Gasteiger partial charge on any atom is 0.320 e. The highest BCUT2D eigenvalue weighted by atomic mass is 16.5. The Balaban J connectivity index is 2.64. The maximum atomic E-state index is 11.1. The molecule has 0 bridgehead atoms. The van der Waals surface area contributed by atoms with Gasteiger partial charge in [-0.25, -0.2) is 0 Å². The van der Waals surface area contributed by atoms with E-state index in [1.165, 1.54) is 12.7 Å². The van der Waals surface area contributed by atoms with Crippen molar-refractivity contribution < 1.29 is 19.4 Å². The van der Waals surface area contributed by atoms with Crippen LogP contribution in [0.3, 0.4) is 0 Å². The lowest BCUT2D eigenvalue weighted by Gasteiger charge is -2.09. The molecule has 0 aliphatic heterocycles. The summed E-state index contributed by atoms with van der Waals surface area (Å²) in [6.07, 6.45) is 2.36. The van der Waals surface area contributed by atoms with Gasteiger partial charge in [0.05, 0.1) is 7.11 Å². The van der Waals surface area contributed by atoms with E-state index in [2.05, 4.69) is 4.74 Å². The van der Waals surface area contributed by atoms with Crippen molar-refractivity contribution in [1.82, 2.24) is 0 Å². The number of allylic oxidation sites excluding steroid dienone is 2. The maximum absolute atomic E-state index is 11.1. The molecule has 1 aliphatic rings. The summed E-state index contributed by atoms with van der Waals surface area (Å²) in [5.41, 5.74) is 2.29. The van der Waals surface area contributed by atoms with Crippen molar-refractivity contribution in [3.8, 4) is 0 Å². The van der Waals surface area contributed by atoms with Crippen LogP contribution in [-0.4, -0.2) is 24.2 Å². The Morgan fingerprint density at radius 1 is 1.50 bits per heavy atom. The standard InChI is InChI=1S/C10H14O4/c1-6(7-3-4-7)5-8(9(11)12)10(13)14-2/h8H,3-5H2,1-2H3,(H,11,12). The van der Waals surface area contributed by atoms with Gasteiger partial charge in [-0.05, 0) is 26.2 Å². The van der Waals surface area contributed by atoms with Crippen molar-refractivity contribution >= 4 is 11.9 Å². The summed E-state index contributed by atoms with van der Waals surface area (Å²) >= 11 is 0. The quantitative estimate of drug-likeness (QED) is 0.421. The number of carbonyl (C=O) groups excluding carboxylic acids is 1. The molecule has 1 rings (SSSR count). The van der Waals surface area contributed by atoms with Crippen LogP contribution in [-0.2, 0) is 14.3 Å². The molecular weight excluding hydrogens is 184 g/mol. The molecule has 1 atom stereocenters. The summed E-state index contributed by atoms with van der Waals surface area (Å²) in [5.74, 6) is -2.83. The molecule has 0 radical (unpaired) electrons. The van der Waals surface area contributed by atoms with Crippen LogP contribution in [0.2, 0.25) is 0 Å². The number of esters is 1. The fourth-order valence-corrected chi connectivity index (χ4v) is 1.35. The highest BCUT2D eigenvalue weighted by Gasteiger charge is 2.29. The smallest absolute Gasteiger partial charge is 0.320 e. The Bertz CT molecular complexity index is 284. The molecule has 4 heteroatoms. The van der Waals surface area contributed by atoms with Crippen LogP contribution in [0.4, 0.5) is 0 Å². The van der Waals surface area contributed by atoms with E-state index < -0.39 is 17.9 Å². The second kappa shape index (κ2) is 4.26. The van der Waals surface area contributed by atoms with Crippen LogP contribution in [0.25, 0.3) is 0 Å². The van der Waals surface area contributed by atoms with Gasteiger partial charge < -0.3 is 9.84 Å². The second-order valence-corrected chi connectivity index (χ2v) is 3.50. The van der Waals surface area contributed by atoms with Gasteiger partial charge in [0.25, 0.3) is 0 Å². The first-order chi connectivity index (χ1) is 6.56. The van der Waals surface area contributed by atoms with Crippen molar-refractivity contribution in [2.24, 2.45) is 5.92 Å². The first kappa shape index (κ1) is 10.8. The molecule has 0 aromatic rings. The lowest BCUT2D eigenvalue weighted by molar-refractivity contribution is -0.156. The van der Waals surface area contributed by atoms with E-state index >= 15 is 0 Å². The number of carboxylic acids is 1. The van der Waals surface area contributed by atoms with Crippen molar-refractivity contribution in [2.75, 3.05) is 7.11 Å². The molecular formula is C10H14O4. The van der Waals surface area contributed by atoms with Gasteiger partial charge in [0, 0.05) is 0 Å². The van der Waals surface area contributed by atoms with E-state index in [1.54, 1.807) is 0 Å². The summed E-state index contributed by atoms with van der Waals surface area (Å²) in [6, 6.07) is 0. The van der Waals surface area contributed by atoms with E-state index in [-0.39, 0.29) is 6.42 Å². The van der Waals surface area contributed by atoms with Crippen molar-refractivity contribution in [3.05, 3.63) is 11.1 Å². The molecule has 0 spiro atoms. The van der Waals surface area contributed by atoms with Gasteiger partial charge >= 0.3 is 11.9 Å². The predicted octanol–water partition coefficient (Wildman–Crippen LogP) is 1.36. The number of carboxylic acid groups (broad SMARTS) is 1. The average molecular weight is 198 g/mol. The monoisotopic (exact) mass is 198 g/mol. The summed E-state index contributed by atoms with van der Waals surface area (Å²) in [7, 11) is 1.21. The Morgan fingerprint density at radius 3 is 2.43 bits per heavy atom. The zero-order chi connectivity index (χ0) is 10.7. The molecule has 14 heavy (non-hydrogen) atoms. The van der Waals surface area contributed by atoms with Gasteiger partial charge in [-0.2, -0.15) is 0 Å². The predicted molar refractivity (Wildman–Crippen MR) is 49.7 cm³/mol. The van der Waals surface area contributed by atoms with E-state index in [4.69, 9.17) is 5.11 Å². The van der Waals surface area contributed by atoms with Gasteiger partial charge in [0.1, 0.15) is 0 Å². The molecule has 0 amide bonds. The van der Waals surface area contributed by atoms with Gasteiger partial charge in [-0.15, -0.1) is 0 Å².